The lowest BCUT2D eigenvalue weighted by Crippen LogP contribution is -1.94. The van der Waals surface area contributed by atoms with Crippen molar-refractivity contribution in [3.05, 3.63) is 0 Å². The van der Waals surface area contributed by atoms with Crippen molar-refractivity contribution in [1.29, 1.82) is 0 Å². The van der Waals surface area contributed by atoms with Crippen LogP contribution in [-0.4, -0.2) is 17.2 Å². The zero-order chi connectivity index (χ0) is 8.74. The molecule has 0 aromatic carbocycles. The molecule has 0 aliphatic carbocycles. The van der Waals surface area contributed by atoms with E-state index >= 15 is 0 Å². The summed E-state index contributed by atoms with van der Waals surface area (Å²) in [7, 11) is -3.73. The predicted molar refractivity (Wildman–Crippen MR) is 53.3 cm³/mol. The van der Waals surface area contributed by atoms with Gasteiger partial charge < -0.3 is 4.52 Å². The van der Waals surface area contributed by atoms with Crippen LogP contribution in [0.2, 0.25) is 0 Å². The van der Waals surface area contributed by atoms with Crippen molar-refractivity contribution < 1.29 is 13.3 Å². The Bertz CT molecular complexity index is 131. The molecular weight excluding hydrogens is 281 g/mol. The van der Waals surface area contributed by atoms with E-state index in [1.165, 1.54) is 0 Å². The molecule has 11 heavy (non-hydrogen) atoms. The maximum Gasteiger partial charge on any atom is 0.367 e. The normalized spacial score (nSPS) is 16.3. The molecule has 0 heterocycles. The molecule has 0 fully saturated rings. The summed E-state index contributed by atoms with van der Waals surface area (Å²) in [6, 6.07) is 0. The maximum atomic E-state index is 12.8. The van der Waals surface area contributed by atoms with E-state index in [-0.39, 0.29) is 12.8 Å². The average Bonchev–Trinajstić information content (AvgIpc) is 1.97. The van der Waals surface area contributed by atoms with E-state index in [9.17, 15) is 8.76 Å². The summed E-state index contributed by atoms with van der Waals surface area (Å²) in [5.41, 5.74) is 0. The van der Waals surface area contributed by atoms with Gasteiger partial charge in [-0.15, -0.1) is 0 Å². The fourth-order valence-electron chi connectivity index (χ4n) is 0.582. The standard InChI is InChI=1S/C6H13FIO2P/c1-2-3-6-11(7,9)10-5-4-8/h2-6H2,1H3. The molecule has 0 saturated carbocycles. The lowest BCUT2D eigenvalue weighted by Gasteiger charge is -2.07. The van der Waals surface area contributed by atoms with Gasteiger partial charge in [-0.3, -0.25) is 4.57 Å². The number of unbranched alkanes of at least 4 members (excludes halogenated alkanes) is 1. The Morgan fingerprint density at radius 3 is 2.73 bits per heavy atom. The summed E-state index contributed by atoms with van der Waals surface area (Å²) in [5.74, 6) is 0. The second kappa shape index (κ2) is 6.38. The smallest absolute Gasteiger partial charge is 0.305 e. The van der Waals surface area contributed by atoms with Gasteiger partial charge >= 0.3 is 7.68 Å². The highest BCUT2D eigenvalue weighted by atomic mass is 127. The summed E-state index contributed by atoms with van der Waals surface area (Å²) in [4.78, 5) is 0. The molecule has 0 spiro atoms. The van der Waals surface area contributed by atoms with Crippen molar-refractivity contribution in [1.82, 2.24) is 0 Å². The zero-order valence-electron chi connectivity index (χ0n) is 6.56. The molecule has 0 aromatic heterocycles. The minimum atomic E-state index is -3.73. The Kier molecular flexibility index (Phi) is 6.87. The molecule has 1 unspecified atom stereocenters. The van der Waals surface area contributed by atoms with Crippen LogP contribution in [0.25, 0.3) is 0 Å². The highest BCUT2D eigenvalue weighted by Gasteiger charge is 2.19. The monoisotopic (exact) mass is 294 g/mol. The molecule has 0 aliphatic heterocycles. The van der Waals surface area contributed by atoms with E-state index in [0.29, 0.717) is 10.8 Å². The van der Waals surface area contributed by atoms with Gasteiger partial charge in [0.05, 0.1) is 12.8 Å². The molecule has 0 bridgehead atoms. The lowest BCUT2D eigenvalue weighted by atomic mass is 10.4. The first-order valence-electron chi connectivity index (χ1n) is 3.61. The van der Waals surface area contributed by atoms with Gasteiger partial charge in [-0.05, 0) is 6.42 Å². The highest BCUT2D eigenvalue weighted by Crippen LogP contribution is 2.49. The van der Waals surface area contributed by atoms with Crippen LogP contribution in [-0.2, 0) is 9.09 Å². The van der Waals surface area contributed by atoms with Crippen molar-refractivity contribution in [3.8, 4) is 0 Å². The quantitative estimate of drug-likeness (QED) is 0.426. The van der Waals surface area contributed by atoms with Gasteiger partial charge in [0.25, 0.3) is 0 Å². The van der Waals surface area contributed by atoms with Crippen molar-refractivity contribution in [2.24, 2.45) is 0 Å². The second-order valence-corrected chi connectivity index (χ2v) is 5.15. The molecule has 5 heteroatoms. The van der Waals surface area contributed by atoms with Crippen molar-refractivity contribution in [2.75, 3.05) is 17.2 Å². The molecule has 1 atom stereocenters. The van der Waals surface area contributed by atoms with Crippen LogP contribution >= 0.6 is 30.3 Å². The van der Waals surface area contributed by atoms with E-state index in [1.54, 1.807) is 0 Å². The number of alkyl halides is 1. The van der Waals surface area contributed by atoms with Gasteiger partial charge in [0, 0.05) is 4.43 Å². The molecule has 0 aliphatic rings. The maximum absolute atomic E-state index is 12.8. The summed E-state index contributed by atoms with van der Waals surface area (Å²) in [6.07, 6.45) is 1.55. The number of hydrogen-bond acceptors (Lipinski definition) is 2. The van der Waals surface area contributed by atoms with Gasteiger partial charge in [-0.25, -0.2) is 0 Å². The molecule has 0 N–H and O–H groups in total. The minimum Gasteiger partial charge on any atom is -0.305 e. The summed E-state index contributed by atoms with van der Waals surface area (Å²) >= 11 is 2.05. The molecule has 0 amide bonds. The zero-order valence-corrected chi connectivity index (χ0v) is 9.61. The first-order chi connectivity index (χ1) is 5.12. The Hall–Kier alpha value is 0.850. The lowest BCUT2D eigenvalue weighted by molar-refractivity contribution is 0.308. The van der Waals surface area contributed by atoms with Gasteiger partial charge in [-0.1, -0.05) is 35.9 Å². The first kappa shape index (κ1) is 11.8. The third-order valence-electron chi connectivity index (χ3n) is 1.14. The fourth-order valence-corrected chi connectivity index (χ4v) is 2.34. The number of halogens is 2. The van der Waals surface area contributed by atoms with Crippen LogP contribution in [0, 0.1) is 0 Å². The van der Waals surface area contributed by atoms with Crippen molar-refractivity contribution >= 4 is 30.3 Å². The molecule has 0 saturated heterocycles. The summed E-state index contributed by atoms with van der Waals surface area (Å²) < 4.78 is 28.9. The predicted octanol–water partition coefficient (Wildman–Crippen LogP) is 3.40. The van der Waals surface area contributed by atoms with Gasteiger partial charge in [0.2, 0.25) is 0 Å². The summed E-state index contributed by atoms with van der Waals surface area (Å²) in [6.45, 7) is 2.18. The van der Waals surface area contributed by atoms with Crippen LogP contribution in [0.4, 0.5) is 4.20 Å². The van der Waals surface area contributed by atoms with Gasteiger partial charge in [0.1, 0.15) is 0 Å². The van der Waals surface area contributed by atoms with Crippen molar-refractivity contribution in [2.45, 2.75) is 19.8 Å². The third kappa shape index (κ3) is 7.22. The fraction of sp³-hybridized carbons (Fsp3) is 1.00. The molecule has 2 nitrogen and oxygen atoms in total. The van der Waals surface area contributed by atoms with Crippen molar-refractivity contribution in [3.63, 3.8) is 0 Å². The Morgan fingerprint density at radius 1 is 1.64 bits per heavy atom. The Morgan fingerprint density at radius 2 is 2.27 bits per heavy atom. The van der Waals surface area contributed by atoms with E-state index in [1.807, 2.05) is 6.92 Å². The number of hydrogen-bond donors (Lipinski definition) is 0. The van der Waals surface area contributed by atoms with E-state index in [2.05, 4.69) is 27.1 Å². The van der Waals surface area contributed by atoms with Gasteiger partial charge in [0.15, 0.2) is 0 Å². The van der Waals surface area contributed by atoms with Crippen LogP contribution in [0.3, 0.4) is 0 Å². The topological polar surface area (TPSA) is 26.3 Å². The average molecular weight is 294 g/mol. The van der Waals surface area contributed by atoms with E-state index in [0.717, 1.165) is 6.42 Å². The summed E-state index contributed by atoms with van der Waals surface area (Å²) in [5, 5.41) is 0. The minimum absolute atomic E-state index is 0.0696. The molecule has 0 rings (SSSR count). The van der Waals surface area contributed by atoms with Crippen LogP contribution in [0.15, 0.2) is 0 Å². The highest BCUT2D eigenvalue weighted by molar-refractivity contribution is 14.1. The third-order valence-corrected chi connectivity index (χ3v) is 3.00. The number of rotatable bonds is 6. The SMILES string of the molecule is CCCCP(=O)(F)OCCI. The van der Waals surface area contributed by atoms with Crippen LogP contribution < -0.4 is 0 Å². The van der Waals surface area contributed by atoms with Gasteiger partial charge in [-0.2, -0.15) is 4.20 Å². The van der Waals surface area contributed by atoms with Crippen LogP contribution in [0.5, 0.6) is 0 Å². The first-order valence-corrected chi connectivity index (χ1v) is 6.84. The Balaban J connectivity index is 3.53. The van der Waals surface area contributed by atoms with E-state index in [4.69, 9.17) is 0 Å². The molecule has 0 aromatic rings. The van der Waals surface area contributed by atoms with E-state index < -0.39 is 7.68 Å². The van der Waals surface area contributed by atoms with Crippen LogP contribution in [0.1, 0.15) is 19.8 Å². The second-order valence-electron chi connectivity index (χ2n) is 2.19. The largest absolute Gasteiger partial charge is 0.367 e. The molecule has 0 radical (unpaired) electrons. The Labute approximate surface area is 80.6 Å². The molecule has 68 valence electrons. The molecular formula is C6H13FIO2P.